The van der Waals surface area contributed by atoms with Crippen molar-refractivity contribution in [1.29, 1.82) is 0 Å². The third kappa shape index (κ3) is 1.91. The number of rotatable bonds is 2. The Hall–Kier alpha value is -1.48. The van der Waals surface area contributed by atoms with Gasteiger partial charge in [-0.15, -0.1) is 11.3 Å². The second-order valence-corrected chi connectivity index (χ2v) is 5.00. The second kappa shape index (κ2) is 4.18. The van der Waals surface area contributed by atoms with Gasteiger partial charge in [-0.1, -0.05) is 6.07 Å². The lowest BCUT2D eigenvalue weighted by Gasteiger charge is -2.06. The fraction of sp³-hybridized carbons (Fsp3) is 0.231. The lowest BCUT2D eigenvalue weighted by molar-refractivity contribution is 0.112. The SMILES string of the molecule is Cc1cc(C)c(-c2ncc(C=O)s2)cc1C. The summed E-state index contributed by atoms with van der Waals surface area (Å²) >= 11 is 1.44. The third-order valence-electron chi connectivity index (χ3n) is 2.71. The number of aldehydes is 1. The Balaban J connectivity index is 2.55. The number of benzene rings is 1. The molecule has 1 heterocycles. The Morgan fingerprint density at radius 3 is 2.44 bits per heavy atom. The zero-order valence-corrected chi connectivity index (χ0v) is 10.4. The number of carbonyl (C=O) groups excluding carboxylic acids is 1. The summed E-state index contributed by atoms with van der Waals surface area (Å²) in [6.45, 7) is 6.26. The first kappa shape index (κ1) is 11.0. The topological polar surface area (TPSA) is 30.0 Å². The van der Waals surface area contributed by atoms with Gasteiger partial charge in [0.15, 0.2) is 6.29 Å². The lowest BCUT2D eigenvalue weighted by Crippen LogP contribution is -1.87. The molecule has 0 aliphatic rings. The highest BCUT2D eigenvalue weighted by atomic mass is 32.1. The van der Waals surface area contributed by atoms with Crippen LogP contribution in [0, 0.1) is 20.8 Å². The van der Waals surface area contributed by atoms with E-state index in [1.54, 1.807) is 6.20 Å². The zero-order chi connectivity index (χ0) is 11.7. The molecule has 0 aliphatic carbocycles. The van der Waals surface area contributed by atoms with Gasteiger partial charge in [0.2, 0.25) is 0 Å². The van der Waals surface area contributed by atoms with Gasteiger partial charge in [-0.25, -0.2) is 4.98 Å². The van der Waals surface area contributed by atoms with Crippen molar-refractivity contribution in [2.75, 3.05) is 0 Å². The minimum Gasteiger partial charge on any atom is -0.297 e. The molecule has 3 heteroatoms. The van der Waals surface area contributed by atoms with Crippen molar-refractivity contribution in [3.05, 3.63) is 39.9 Å². The molecule has 2 rings (SSSR count). The minimum absolute atomic E-state index is 0.674. The summed E-state index contributed by atoms with van der Waals surface area (Å²) < 4.78 is 0. The molecule has 0 amide bonds. The molecule has 0 saturated carbocycles. The smallest absolute Gasteiger partial charge is 0.161 e. The highest BCUT2D eigenvalue weighted by Gasteiger charge is 2.08. The fourth-order valence-corrected chi connectivity index (χ4v) is 2.47. The number of aromatic nitrogens is 1. The molecular formula is C13H13NOS. The molecule has 16 heavy (non-hydrogen) atoms. The van der Waals surface area contributed by atoms with Gasteiger partial charge in [0.1, 0.15) is 5.01 Å². The highest BCUT2D eigenvalue weighted by Crippen LogP contribution is 2.29. The Morgan fingerprint density at radius 2 is 1.81 bits per heavy atom. The van der Waals surface area contributed by atoms with Gasteiger partial charge in [0.05, 0.1) is 4.88 Å². The summed E-state index contributed by atoms with van der Waals surface area (Å²) in [5, 5.41) is 0.919. The van der Waals surface area contributed by atoms with Gasteiger partial charge in [-0.05, 0) is 43.5 Å². The van der Waals surface area contributed by atoms with Gasteiger partial charge in [0, 0.05) is 11.8 Å². The number of hydrogen-bond acceptors (Lipinski definition) is 3. The molecule has 0 unspecified atom stereocenters. The molecule has 1 aromatic carbocycles. The number of carbonyl (C=O) groups is 1. The van der Waals surface area contributed by atoms with Crippen molar-refractivity contribution in [2.45, 2.75) is 20.8 Å². The van der Waals surface area contributed by atoms with E-state index < -0.39 is 0 Å². The average molecular weight is 231 g/mol. The summed E-state index contributed by atoms with van der Waals surface area (Å²) in [5.41, 5.74) is 4.87. The van der Waals surface area contributed by atoms with Gasteiger partial charge in [-0.3, -0.25) is 4.79 Å². The minimum atomic E-state index is 0.674. The van der Waals surface area contributed by atoms with Gasteiger partial charge in [0.25, 0.3) is 0 Å². The van der Waals surface area contributed by atoms with Crippen LogP contribution in [-0.2, 0) is 0 Å². The van der Waals surface area contributed by atoms with Crippen LogP contribution in [0.4, 0.5) is 0 Å². The van der Waals surface area contributed by atoms with Crippen LogP contribution in [-0.4, -0.2) is 11.3 Å². The Bertz CT molecular complexity index is 543. The quantitative estimate of drug-likeness (QED) is 0.740. The van der Waals surface area contributed by atoms with Crippen LogP contribution in [0.15, 0.2) is 18.3 Å². The first-order valence-corrected chi connectivity index (χ1v) is 5.92. The van der Waals surface area contributed by atoms with E-state index in [1.807, 2.05) is 0 Å². The van der Waals surface area contributed by atoms with Crippen LogP contribution >= 0.6 is 11.3 Å². The van der Waals surface area contributed by atoms with E-state index in [4.69, 9.17) is 0 Å². The summed E-state index contributed by atoms with van der Waals surface area (Å²) in [6.07, 6.45) is 2.47. The summed E-state index contributed by atoms with van der Waals surface area (Å²) in [7, 11) is 0. The average Bonchev–Trinajstić information content (AvgIpc) is 2.71. The molecule has 2 aromatic rings. The van der Waals surface area contributed by atoms with Gasteiger partial charge in [-0.2, -0.15) is 0 Å². The van der Waals surface area contributed by atoms with E-state index in [-0.39, 0.29) is 0 Å². The zero-order valence-electron chi connectivity index (χ0n) is 9.57. The van der Waals surface area contributed by atoms with Crippen molar-refractivity contribution in [1.82, 2.24) is 4.98 Å². The number of nitrogens with zero attached hydrogens (tertiary/aromatic N) is 1. The summed E-state index contributed by atoms with van der Waals surface area (Å²) in [5.74, 6) is 0. The Morgan fingerprint density at radius 1 is 1.12 bits per heavy atom. The first-order valence-electron chi connectivity index (χ1n) is 5.11. The van der Waals surface area contributed by atoms with E-state index in [0.717, 1.165) is 16.9 Å². The number of aryl methyl sites for hydroxylation is 3. The normalized spacial score (nSPS) is 10.4. The maximum Gasteiger partial charge on any atom is 0.161 e. The lowest BCUT2D eigenvalue weighted by atomic mass is 10.0. The molecule has 82 valence electrons. The second-order valence-electron chi connectivity index (χ2n) is 3.94. The molecule has 1 aromatic heterocycles. The van der Waals surface area contributed by atoms with Gasteiger partial charge < -0.3 is 0 Å². The van der Waals surface area contributed by atoms with Crippen LogP contribution < -0.4 is 0 Å². The maximum atomic E-state index is 10.6. The van der Waals surface area contributed by atoms with E-state index in [2.05, 4.69) is 37.9 Å². The van der Waals surface area contributed by atoms with E-state index >= 15 is 0 Å². The van der Waals surface area contributed by atoms with E-state index in [9.17, 15) is 4.79 Å². The van der Waals surface area contributed by atoms with Crippen molar-refractivity contribution in [2.24, 2.45) is 0 Å². The molecule has 0 saturated heterocycles. The van der Waals surface area contributed by atoms with Crippen LogP contribution in [0.25, 0.3) is 10.6 Å². The van der Waals surface area contributed by atoms with Crippen LogP contribution in [0.1, 0.15) is 26.4 Å². The largest absolute Gasteiger partial charge is 0.297 e. The molecule has 0 atom stereocenters. The fourth-order valence-electron chi connectivity index (χ4n) is 1.66. The first-order chi connectivity index (χ1) is 7.61. The van der Waals surface area contributed by atoms with Crippen molar-refractivity contribution < 1.29 is 4.79 Å². The predicted octanol–water partition coefficient (Wildman–Crippen LogP) is 3.55. The van der Waals surface area contributed by atoms with Crippen molar-refractivity contribution in [3.63, 3.8) is 0 Å². The molecular weight excluding hydrogens is 218 g/mol. The van der Waals surface area contributed by atoms with Crippen LogP contribution in [0.5, 0.6) is 0 Å². The molecule has 0 fully saturated rings. The molecule has 0 radical (unpaired) electrons. The standard InChI is InChI=1S/C13H13NOS/c1-8-4-10(3)12(5-9(8)2)13-14-6-11(7-15)16-13/h4-7H,1-3H3. The molecule has 0 aliphatic heterocycles. The summed E-state index contributed by atoms with van der Waals surface area (Å²) in [4.78, 5) is 15.6. The number of hydrogen-bond donors (Lipinski definition) is 0. The van der Waals surface area contributed by atoms with Gasteiger partial charge >= 0.3 is 0 Å². The Kier molecular flexibility index (Phi) is 2.88. The predicted molar refractivity (Wildman–Crippen MR) is 67.1 cm³/mol. The third-order valence-corrected chi connectivity index (χ3v) is 3.67. The molecule has 2 nitrogen and oxygen atoms in total. The van der Waals surface area contributed by atoms with E-state index in [1.165, 1.54) is 28.0 Å². The van der Waals surface area contributed by atoms with Crippen molar-refractivity contribution in [3.8, 4) is 10.6 Å². The van der Waals surface area contributed by atoms with E-state index in [0.29, 0.717) is 4.88 Å². The molecule has 0 bridgehead atoms. The monoisotopic (exact) mass is 231 g/mol. The highest BCUT2D eigenvalue weighted by molar-refractivity contribution is 7.16. The Labute approximate surface area is 99.0 Å². The molecule has 0 spiro atoms. The van der Waals surface area contributed by atoms with Crippen LogP contribution in [0.3, 0.4) is 0 Å². The summed E-state index contributed by atoms with van der Waals surface area (Å²) in [6, 6.07) is 4.30. The maximum absolute atomic E-state index is 10.6. The number of thiazole rings is 1. The van der Waals surface area contributed by atoms with Crippen molar-refractivity contribution >= 4 is 17.6 Å². The molecule has 0 N–H and O–H groups in total. The van der Waals surface area contributed by atoms with Crippen LogP contribution in [0.2, 0.25) is 0 Å².